The number of ether oxygens (including phenoxy) is 1. The second-order valence-corrected chi connectivity index (χ2v) is 5.05. The molecule has 20 heavy (non-hydrogen) atoms. The van der Waals surface area contributed by atoms with Gasteiger partial charge in [-0.1, -0.05) is 11.6 Å². The third-order valence-electron chi connectivity index (χ3n) is 3.18. The minimum absolute atomic E-state index is 0.104. The Hall–Kier alpha value is -1.66. The van der Waals surface area contributed by atoms with Gasteiger partial charge in [-0.25, -0.2) is 0 Å². The van der Waals surface area contributed by atoms with Gasteiger partial charge in [-0.05, 0) is 18.9 Å². The molecule has 0 heterocycles. The topological polar surface area (TPSA) is 72.7 Å². The van der Waals surface area contributed by atoms with E-state index in [2.05, 4.69) is 0 Å². The van der Waals surface area contributed by atoms with Crippen LogP contribution in [0.2, 0.25) is 5.02 Å². The van der Waals surface area contributed by atoms with Gasteiger partial charge in [-0.2, -0.15) is 0 Å². The highest BCUT2D eigenvalue weighted by atomic mass is 35.5. The van der Waals surface area contributed by atoms with Crippen LogP contribution in [-0.4, -0.2) is 42.0 Å². The molecule has 7 heteroatoms. The maximum atomic E-state index is 12.5. The Bertz CT molecular complexity index is 531. The Morgan fingerprint density at radius 2 is 2.25 bits per heavy atom. The van der Waals surface area contributed by atoms with E-state index in [1.165, 1.54) is 18.2 Å². The number of methoxy groups -OCH3 is 1. The minimum Gasteiger partial charge on any atom is -0.383 e. The fourth-order valence-corrected chi connectivity index (χ4v) is 2.23. The van der Waals surface area contributed by atoms with Crippen LogP contribution in [-0.2, 0) is 4.74 Å². The van der Waals surface area contributed by atoms with Crippen molar-refractivity contribution in [1.29, 1.82) is 0 Å². The molecule has 0 saturated heterocycles. The number of benzene rings is 1. The van der Waals surface area contributed by atoms with Gasteiger partial charge in [0.15, 0.2) is 0 Å². The number of carbonyl (C=O) groups excluding carboxylic acids is 1. The highest BCUT2D eigenvalue weighted by Crippen LogP contribution is 2.30. The minimum atomic E-state index is -0.538. The van der Waals surface area contributed by atoms with Gasteiger partial charge in [0, 0.05) is 31.8 Å². The number of hydrogen-bond donors (Lipinski definition) is 0. The van der Waals surface area contributed by atoms with Gasteiger partial charge in [0.05, 0.1) is 22.1 Å². The first-order valence-electron chi connectivity index (χ1n) is 6.28. The molecule has 0 spiro atoms. The highest BCUT2D eigenvalue weighted by Gasteiger charge is 2.33. The maximum Gasteiger partial charge on any atom is 0.270 e. The molecule has 0 bridgehead atoms. The van der Waals surface area contributed by atoms with Crippen molar-refractivity contribution in [3.63, 3.8) is 0 Å². The van der Waals surface area contributed by atoms with E-state index >= 15 is 0 Å². The number of nitro benzene ring substituents is 1. The molecule has 1 aliphatic rings. The van der Waals surface area contributed by atoms with E-state index in [1.54, 1.807) is 12.0 Å². The van der Waals surface area contributed by atoms with Crippen LogP contribution in [0, 0.1) is 10.1 Å². The zero-order valence-corrected chi connectivity index (χ0v) is 11.8. The second-order valence-electron chi connectivity index (χ2n) is 4.64. The zero-order valence-electron chi connectivity index (χ0n) is 11.0. The second kappa shape index (κ2) is 6.19. The molecule has 0 aliphatic heterocycles. The van der Waals surface area contributed by atoms with Gasteiger partial charge in [0.2, 0.25) is 0 Å². The smallest absolute Gasteiger partial charge is 0.270 e. The SMILES string of the molecule is COCCN(C(=O)c1ccc([N+](=O)[O-])cc1Cl)C1CC1. The monoisotopic (exact) mass is 298 g/mol. The number of rotatable bonds is 6. The quantitative estimate of drug-likeness (QED) is 0.597. The number of nitrogens with zero attached hydrogens (tertiary/aromatic N) is 2. The predicted octanol–water partition coefficient (Wildman–Crippen LogP) is 2.50. The van der Waals surface area contributed by atoms with Crippen molar-refractivity contribution in [1.82, 2.24) is 4.90 Å². The maximum absolute atomic E-state index is 12.5. The van der Waals surface area contributed by atoms with E-state index in [0.717, 1.165) is 12.8 Å². The fraction of sp³-hybridized carbons (Fsp3) is 0.462. The average molecular weight is 299 g/mol. The Morgan fingerprint density at radius 3 is 2.75 bits per heavy atom. The van der Waals surface area contributed by atoms with Crippen molar-refractivity contribution >= 4 is 23.2 Å². The van der Waals surface area contributed by atoms with Crippen molar-refractivity contribution < 1.29 is 14.5 Å². The zero-order chi connectivity index (χ0) is 14.7. The Kier molecular flexibility index (Phi) is 4.57. The first kappa shape index (κ1) is 14.7. The van der Waals surface area contributed by atoms with Crippen LogP contribution in [0.3, 0.4) is 0 Å². The summed E-state index contributed by atoms with van der Waals surface area (Å²) in [6.45, 7) is 0.945. The van der Waals surface area contributed by atoms with Gasteiger partial charge < -0.3 is 9.64 Å². The Balaban J connectivity index is 2.20. The van der Waals surface area contributed by atoms with Crippen LogP contribution >= 0.6 is 11.6 Å². The molecule has 0 radical (unpaired) electrons. The summed E-state index contributed by atoms with van der Waals surface area (Å²) in [6.07, 6.45) is 1.94. The summed E-state index contributed by atoms with van der Waals surface area (Å²) >= 11 is 5.99. The third-order valence-corrected chi connectivity index (χ3v) is 3.49. The van der Waals surface area contributed by atoms with Gasteiger partial charge >= 0.3 is 0 Å². The lowest BCUT2D eigenvalue weighted by atomic mass is 10.1. The lowest BCUT2D eigenvalue weighted by Gasteiger charge is -2.22. The molecule has 0 aromatic heterocycles. The molecular weight excluding hydrogens is 284 g/mol. The van der Waals surface area contributed by atoms with Crippen molar-refractivity contribution in [2.24, 2.45) is 0 Å². The number of hydrogen-bond acceptors (Lipinski definition) is 4. The largest absolute Gasteiger partial charge is 0.383 e. The standard InChI is InChI=1S/C13H15ClN2O4/c1-20-7-6-15(9-2-3-9)13(17)11-5-4-10(16(18)19)8-12(11)14/h4-5,8-9H,2-3,6-7H2,1H3. The van der Waals surface area contributed by atoms with Gasteiger partial charge in [-0.3, -0.25) is 14.9 Å². The highest BCUT2D eigenvalue weighted by molar-refractivity contribution is 6.34. The summed E-state index contributed by atoms with van der Waals surface area (Å²) in [5, 5.41) is 10.8. The van der Waals surface area contributed by atoms with Gasteiger partial charge in [-0.15, -0.1) is 0 Å². The molecular formula is C13H15ClN2O4. The summed E-state index contributed by atoms with van der Waals surface area (Å²) in [5.41, 5.74) is 0.168. The van der Waals surface area contributed by atoms with E-state index in [-0.39, 0.29) is 22.7 Å². The molecule has 1 saturated carbocycles. The molecule has 1 fully saturated rings. The molecule has 1 aromatic carbocycles. The Labute approximate surface area is 121 Å². The van der Waals surface area contributed by atoms with Crippen molar-refractivity contribution in [3.05, 3.63) is 38.9 Å². The first-order chi connectivity index (χ1) is 9.54. The number of amides is 1. The molecule has 0 atom stereocenters. The number of carbonyl (C=O) groups is 1. The molecule has 0 N–H and O–H groups in total. The van der Waals surface area contributed by atoms with E-state index in [4.69, 9.17) is 16.3 Å². The summed E-state index contributed by atoms with van der Waals surface area (Å²) in [5.74, 6) is -0.204. The molecule has 6 nitrogen and oxygen atoms in total. The van der Waals surface area contributed by atoms with Crippen molar-refractivity contribution in [3.8, 4) is 0 Å². The van der Waals surface area contributed by atoms with Crippen LogP contribution in [0.4, 0.5) is 5.69 Å². The number of non-ortho nitro benzene ring substituents is 1. The first-order valence-corrected chi connectivity index (χ1v) is 6.66. The van der Waals surface area contributed by atoms with Crippen LogP contribution in [0.15, 0.2) is 18.2 Å². The van der Waals surface area contributed by atoms with Crippen molar-refractivity contribution in [2.45, 2.75) is 18.9 Å². The molecule has 1 aliphatic carbocycles. The van der Waals surface area contributed by atoms with Crippen molar-refractivity contribution in [2.75, 3.05) is 20.3 Å². The molecule has 1 aromatic rings. The Morgan fingerprint density at radius 1 is 1.55 bits per heavy atom. The molecule has 108 valence electrons. The molecule has 2 rings (SSSR count). The average Bonchev–Trinajstić information content (AvgIpc) is 3.23. The molecule has 0 unspecified atom stereocenters. The number of nitro groups is 1. The van der Waals surface area contributed by atoms with E-state index in [0.29, 0.717) is 18.7 Å². The summed E-state index contributed by atoms with van der Waals surface area (Å²) < 4.78 is 5.00. The van der Waals surface area contributed by atoms with Crippen LogP contribution in [0.5, 0.6) is 0 Å². The molecule has 1 amide bonds. The lowest BCUT2D eigenvalue weighted by Crippen LogP contribution is -2.36. The predicted molar refractivity (Wildman–Crippen MR) is 74.0 cm³/mol. The van der Waals surface area contributed by atoms with Crippen LogP contribution < -0.4 is 0 Å². The summed E-state index contributed by atoms with van der Waals surface area (Å²) in [6, 6.07) is 4.13. The van der Waals surface area contributed by atoms with Crippen LogP contribution in [0.1, 0.15) is 23.2 Å². The third kappa shape index (κ3) is 3.26. The van der Waals surface area contributed by atoms with E-state index in [1.807, 2.05) is 0 Å². The van der Waals surface area contributed by atoms with Crippen LogP contribution in [0.25, 0.3) is 0 Å². The van der Waals surface area contributed by atoms with E-state index < -0.39 is 4.92 Å². The summed E-state index contributed by atoms with van der Waals surface area (Å²) in [7, 11) is 1.58. The fourth-order valence-electron chi connectivity index (χ4n) is 1.97. The normalized spacial score (nSPS) is 14.1. The van der Waals surface area contributed by atoms with Gasteiger partial charge in [0.25, 0.3) is 11.6 Å². The summed E-state index contributed by atoms with van der Waals surface area (Å²) in [4.78, 5) is 24.3. The van der Waals surface area contributed by atoms with Gasteiger partial charge in [0.1, 0.15) is 0 Å². The number of halogens is 1. The lowest BCUT2D eigenvalue weighted by molar-refractivity contribution is -0.384. The van der Waals surface area contributed by atoms with E-state index in [9.17, 15) is 14.9 Å².